The molecule has 0 spiro atoms. The molecular formula is C22H22N4O3. The molecule has 0 fully saturated rings. The van der Waals surface area contributed by atoms with Gasteiger partial charge in [0, 0.05) is 35.9 Å². The van der Waals surface area contributed by atoms with Crippen LogP contribution in [0.4, 0.5) is 16.2 Å². The van der Waals surface area contributed by atoms with Crippen LogP contribution in [0.2, 0.25) is 0 Å². The average Bonchev–Trinajstić information content (AvgIpc) is 2.74. The Morgan fingerprint density at radius 2 is 1.62 bits per heavy atom. The molecule has 0 aliphatic heterocycles. The Labute approximate surface area is 169 Å². The van der Waals surface area contributed by atoms with Gasteiger partial charge in [-0.1, -0.05) is 0 Å². The van der Waals surface area contributed by atoms with Crippen molar-refractivity contribution >= 4 is 23.3 Å². The molecule has 7 heteroatoms. The molecule has 1 aromatic heterocycles. The highest BCUT2D eigenvalue weighted by molar-refractivity contribution is 6.04. The van der Waals surface area contributed by atoms with Gasteiger partial charge in [-0.25, -0.2) is 4.79 Å². The smallest absolute Gasteiger partial charge is 0.319 e. The van der Waals surface area contributed by atoms with E-state index in [9.17, 15) is 9.59 Å². The summed E-state index contributed by atoms with van der Waals surface area (Å²) in [6.07, 6.45) is 3.35. The van der Waals surface area contributed by atoms with Crippen molar-refractivity contribution in [3.05, 3.63) is 83.7 Å². The van der Waals surface area contributed by atoms with E-state index in [1.165, 1.54) is 0 Å². The molecule has 0 saturated heterocycles. The number of nitrogens with one attached hydrogen (secondary N) is 3. The number of benzene rings is 2. The van der Waals surface area contributed by atoms with Gasteiger partial charge in [0.25, 0.3) is 5.91 Å². The predicted molar refractivity (Wildman–Crippen MR) is 112 cm³/mol. The van der Waals surface area contributed by atoms with Gasteiger partial charge in [0.15, 0.2) is 0 Å². The van der Waals surface area contributed by atoms with Crippen molar-refractivity contribution < 1.29 is 14.3 Å². The second kappa shape index (κ2) is 9.36. The molecule has 3 aromatic rings. The molecule has 3 amide bonds. The third-order valence-electron chi connectivity index (χ3n) is 4.26. The molecule has 7 nitrogen and oxygen atoms in total. The summed E-state index contributed by atoms with van der Waals surface area (Å²) >= 11 is 0. The summed E-state index contributed by atoms with van der Waals surface area (Å²) in [6, 6.07) is 15.5. The number of methoxy groups -OCH3 is 1. The maximum Gasteiger partial charge on any atom is 0.319 e. The molecule has 29 heavy (non-hydrogen) atoms. The summed E-state index contributed by atoms with van der Waals surface area (Å²) in [7, 11) is 1.61. The number of amides is 3. The molecule has 0 atom stereocenters. The number of rotatable bonds is 6. The molecule has 0 radical (unpaired) electrons. The third-order valence-corrected chi connectivity index (χ3v) is 4.26. The molecular weight excluding hydrogens is 368 g/mol. The van der Waals surface area contributed by atoms with Crippen molar-refractivity contribution in [3.63, 3.8) is 0 Å². The normalized spacial score (nSPS) is 10.1. The molecule has 0 unspecified atom stereocenters. The molecule has 0 aliphatic rings. The van der Waals surface area contributed by atoms with Crippen LogP contribution in [-0.4, -0.2) is 24.0 Å². The van der Waals surface area contributed by atoms with E-state index in [4.69, 9.17) is 4.74 Å². The Bertz CT molecular complexity index is 989. The van der Waals surface area contributed by atoms with Crippen molar-refractivity contribution in [1.82, 2.24) is 10.3 Å². The highest BCUT2D eigenvalue weighted by atomic mass is 16.5. The van der Waals surface area contributed by atoms with E-state index in [0.717, 1.165) is 16.9 Å². The topological polar surface area (TPSA) is 92.4 Å². The molecule has 2 aromatic carbocycles. The van der Waals surface area contributed by atoms with Crippen LogP contribution in [0.1, 0.15) is 21.5 Å². The number of aryl methyl sites for hydroxylation is 1. The lowest BCUT2D eigenvalue weighted by Crippen LogP contribution is -2.28. The molecule has 0 bridgehead atoms. The lowest BCUT2D eigenvalue weighted by atomic mass is 10.1. The van der Waals surface area contributed by atoms with Gasteiger partial charge in [0.2, 0.25) is 0 Å². The number of pyridine rings is 1. The summed E-state index contributed by atoms with van der Waals surface area (Å²) in [4.78, 5) is 28.4. The summed E-state index contributed by atoms with van der Waals surface area (Å²) in [5.41, 5.74) is 3.65. The number of hydrogen-bond donors (Lipinski definition) is 3. The van der Waals surface area contributed by atoms with Crippen molar-refractivity contribution in [2.75, 3.05) is 17.7 Å². The maximum atomic E-state index is 12.4. The molecule has 1 heterocycles. The van der Waals surface area contributed by atoms with Crippen LogP contribution in [0.15, 0.2) is 67.0 Å². The largest absolute Gasteiger partial charge is 0.496 e. The third kappa shape index (κ3) is 5.55. The Balaban J connectivity index is 1.54. The molecule has 0 aliphatic carbocycles. The highest BCUT2D eigenvalue weighted by Gasteiger charge is 2.08. The van der Waals surface area contributed by atoms with Gasteiger partial charge in [0.1, 0.15) is 5.75 Å². The number of nitrogens with zero attached hydrogens (tertiary/aromatic N) is 1. The van der Waals surface area contributed by atoms with Crippen LogP contribution in [0.3, 0.4) is 0 Å². The summed E-state index contributed by atoms with van der Waals surface area (Å²) in [5, 5.41) is 8.35. The Morgan fingerprint density at radius 3 is 2.28 bits per heavy atom. The van der Waals surface area contributed by atoms with Crippen molar-refractivity contribution in [2.24, 2.45) is 0 Å². The predicted octanol–water partition coefficient (Wildman–Crippen LogP) is 3.97. The van der Waals surface area contributed by atoms with E-state index in [2.05, 4.69) is 20.9 Å². The zero-order chi connectivity index (χ0) is 20.6. The molecule has 0 saturated carbocycles. The zero-order valence-corrected chi connectivity index (χ0v) is 16.2. The fraction of sp³-hybridized carbons (Fsp3) is 0.136. The minimum Gasteiger partial charge on any atom is -0.496 e. The first-order valence-electron chi connectivity index (χ1n) is 9.05. The average molecular weight is 390 g/mol. The minimum absolute atomic E-state index is 0.233. The van der Waals surface area contributed by atoms with Gasteiger partial charge >= 0.3 is 6.03 Å². The Hall–Kier alpha value is -3.87. The lowest BCUT2D eigenvalue weighted by molar-refractivity contribution is 0.102. The van der Waals surface area contributed by atoms with Gasteiger partial charge in [-0.05, 0) is 72.6 Å². The first-order valence-corrected chi connectivity index (χ1v) is 9.05. The van der Waals surface area contributed by atoms with Gasteiger partial charge < -0.3 is 20.7 Å². The van der Waals surface area contributed by atoms with Crippen LogP contribution < -0.4 is 20.7 Å². The first kappa shape index (κ1) is 19.9. The summed E-state index contributed by atoms with van der Waals surface area (Å²) in [5.74, 6) is 0.531. The number of urea groups is 1. The van der Waals surface area contributed by atoms with Crippen LogP contribution in [-0.2, 0) is 6.54 Å². The quantitative estimate of drug-likeness (QED) is 0.594. The monoisotopic (exact) mass is 390 g/mol. The highest BCUT2D eigenvalue weighted by Crippen LogP contribution is 2.22. The van der Waals surface area contributed by atoms with E-state index < -0.39 is 0 Å². The Morgan fingerprint density at radius 1 is 0.931 bits per heavy atom. The van der Waals surface area contributed by atoms with Crippen LogP contribution >= 0.6 is 0 Å². The van der Waals surface area contributed by atoms with Crippen LogP contribution in [0.5, 0.6) is 5.75 Å². The van der Waals surface area contributed by atoms with Crippen LogP contribution in [0, 0.1) is 6.92 Å². The maximum absolute atomic E-state index is 12.4. The fourth-order valence-corrected chi connectivity index (χ4v) is 2.72. The lowest BCUT2D eigenvalue weighted by Gasteiger charge is -2.10. The van der Waals surface area contributed by atoms with Crippen molar-refractivity contribution in [1.29, 1.82) is 0 Å². The number of carbonyl (C=O) groups excluding carboxylic acids is 2. The standard InChI is InChI=1S/C22H22N4O3/c1-15-13-19(7-8-20(15)29-2)25-21(27)17-3-5-18(6-4-17)26-22(28)24-14-16-9-11-23-12-10-16/h3-13H,14H2,1-2H3,(H,25,27)(H2,24,26,28). The number of hydrogen-bond acceptors (Lipinski definition) is 4. The number of anilines is 2. The van der Waals surface area contributed by atoms with E-state index in [-0.39, 0.29) is 11.9 Å². The van der Waals surface area contributed by atoms with Crippen molar-refractivity contribution in [3.8, 4) is 5.75 Å². The van der Waals surface area contributed by atoms with E-state index in [0.29, 0.717) is 23.5 Å². The van der Waals surface area contributed by atoms with Gasteiger partial charge in [-0.3, -0.25) is 9.78 Å². The van der Waals surface area contributed by atoms with Gasteiger partial charge in [-0.2, -0.15) is 0 Å². The van der Waals surface area contributed by atoms with E-state index in [1.54, 1.807) is 49.8 Å². The Kier molecular flexibility index (Phi) is 6.42. The molecule has 148 valence electrons. The van der Waals surface area contributed by atoms with E-state index >= 15 is 0 Å². The van der Waals surface area contributed by atoms with Gasteiger partial charge in [0.05, 0.1) is 7.11 Å². The SMILES string of the molecule is COc1ccc(NC(=O)c2ccc(NC(=O)NCc3ccncc3)cc2)cc1C. The zero-order valence-electron chi connectivity index (χ0n) is 16.2. The minimum atomic E-state index is -0.326. The number of ether oxygens (including phenoxy) is 1. The van der Waals surface area contributed by atoms with Crippen LogP contribution in [0.25, 0.3) is 0 Å². The summed E-state index contributed by atoms with van der Waals surface area (Å²) < 4.78 is 5.22. The summed E-state index contributed by atoms with van der Waals surface area (Å²) in [6.45, 7) is 2.31. The van der Waals surface area contributed by atoms with E-state index in [1.807, 2.05) is 31.2 Å². The fourth-order valence-electron chi connectivity index (χ4n) is 2.72. The second-order valence-electron chi connectivity index (χ2n) is 6.38. The van der Waals surface area contributed by atoms with Gasteiger partial charge in [-0.15, -0.1) is 0 Å². The molecule has 3 N–H and O–H groups in total. The second-order valence-corrected chi connectivity index (χ2v) is 6.38. The number of carbonyl (C=O) groups is 2. The van der Waals surface area contributed by atoms with Crippen molar-refractivity contribution in [2.45, 2.75) is 13.5 Å². The molecule has 3 rings (SSSR count). The first-order chi connectivity index (χ1) is 14.0. The number of aromatic nitrogens is 1.